The summed E-state index contributed by atoms with van der Waals surface area (Å²) < 4.78 is 16.1. The van der Waals surface area contributed by atoms with Crippen LogP contribution in [0, 0.1) is 5.92 Å². The third-order valence-electron chi connectivity index (χ3n) is 6.24. The van der Waals surface area contributed by atoms with Gasteiger partial charge in [0.2, 0.25) is 17.6 Å². The lowest BCUT2D eigenvalue weighted by atomic mass is 9.97. The van der Waals surface area contributed by atoms with Crippen molar-refractivity contribution in [1.29, 1.82) is 0 Å². The molecule has 1 amide bonds. The molecule has 1 aliphatic heterocycles. The maximum Gasteiger partial charge on any atom is 0.241 e. The van der Waals surface area contributed by atoms with Crippen LogP contribution in [0.15, 0.2) is 47.0 Å². The van der Waals surface area contributed by atoms with Crippen LogP contribution >= 0.6 is 0 Å². The van der Waals surface area contributed by atoms with Crippen LogP contribution in [0.5, 0.6) is 11.5 Å². The van der Waals surface area contributed by atoms with Crippen molar-refractivity contribution in [3.63, 3.8) is 0 Å². The second kappa shape index (κ2) is 11.2. The number of carbonyl (C=O) groups excluding carboxylic acids is 1. The van der Waals surface area contributed by atoms with E-state index < -0.39 is 0 Å². The van der Waals surface area contributed by atoms with Crippen LogP contribution in [-0.4, -0.2) is 48.3 Å². The van der Waals surface area contributed by atoms with Crippen LogP contribution in [0.2, 0.25) is 0 Å². The number of carbonyl (C=O) groups is 1. The number of rotatable bonds is 9. The standard InChI is InChI=1S/C26H32N4O4/c1-4-18-7-9-19(10-8-18)15-27-26(31)21-6-5-13-30(16-21)17-24-28-25(29-34-24)20-11-12-22(32-2)23(14-20)33-3/h7-12,14,21H,4-6,13,15-17H2,1-3H3,(H,27,31)/t21-/m1/s1. The molecule has 1 N–H and O–H groups in total. The molecule has 0 spiro atoms. The van der Waals surface area contributed by atoms with Gasteiger partial charge in [-0.15, -0.1) is 0 Å². The van der Waals surface area contributed by atoms with Gasteiger partial charge in [0, 0.05) is 18.7 Å². The third-order valence-corrected chi connectivity index (χ3v) is 6.24. The second-order valence-corrected chi connectivity index (χ2v) is 8.54. The Hall–Kier alpha value is -3.39. The Morgan fingerprint density at radius 1 is 1.12 bits per heavy atom. The fourth-order valence-electron chi connectivity index (χ4n) is 4.24. The number of aryl methyl sites for hydroxylation is 1. The number of benzene rings is 2. The molecule has 0 unspecified atom stereocenters. The highest BCUT2D eigenvalue weighted by atomic mass is 16.5. The minimum Gasteiger partial charge on any atom is -0.493 e. The molecule has 2 heterocycles. The first-order valence-electron chi connectivity index (χ1n) is 11.7. The van der Waals surface area contributed by atoms with E-state index >= 15 is 0 Å². The van der Waals surface area contributed by atoms with E-state index in [0.29, 0.717) is 42.8 Å². The molecule has 8 nitrogen and oxygen atoms in total. The molecule has 0 radical (unpaired) electrons. The zero-order chi connectivity index (χ0) is 23.9. The smallest absolute Gasteiger partial charge is 0.241 e. The maximum absolute atomic E-state index is 12.8. The summed E-state index contributed by atoms with van der Waals surface area (Å²) in [6, 6.07) is 13.9. The van der Waals surface area contributed by atoms with Crippen molar-refractivity contribution in [3.8, 4) is 22.9 Å². The molecule has 0 aliphatic carbocycles. The average molecular weight is 465 g/mol. The molecular weight excluding hydrogens is 432 g/mol. The van der Waals surface area contributed by atoms with Crippen LogP contribution < -0.4 is 14.8 Å². The molecule has 1 aromatic heterocycles. The van der Waals surface area contributed by atoms with Crippen molar-refractivity contribution in [1.82, 2.24) is 20.4 Å². The summed E-state index contributed by atoms with van der Waals surface area (Å²) in [4.78, 5) is 19.5. The molecule has 2 aromatic carbocycles. The quantitative estimate of drug-likeness (QED) is 0.514. The van der Waals surface area contributed by atoms with Gasteiger partial charge in [0.1, 0.15) is 0 Å². The summed E-state index contributed by atoms with van der Waals surface area (Å²) in [6.07, 6.45) is 2.86. The Kier molecular flexibility index (Phi) is 7.80. The number of nitrogens with one attached hydrogen (secondary N) is 1. The predicted octanol–water partition coefficient (Wildman–Crippen LogP) is 3.84. The van der Waals surface area contributed by atoms with Crippen LogP contribution in [0.3, 0.4) is 0 Å². The first-order chi connectivity index (χ1) is 16.6. The van der Waals surface area contributed by atoms with E-state index in [1.165, 1.54) is 5.56 Å². The number of amides is 1. The molecular formula is C26H32N4O4. The van der Waals surface area contributed by atoms with Gasteiger partial charge in [-0.1, -0.05) is 36.3 Å². The molecule has 1 atom stereocenters. The molecule has 8 heteroatoms. The number of methoxy groups -OCH3 is 2. The van der Waals surface area contributed by atoms with E-state index in [4.69, 9.17) is 14.0 Å². The Balaban J connectivity index is 1.32. The normalized spacial score (nSPS) is 16.3. The molecule has 0 saturated carbocycles. The summed E-state index contributed by atoms with van der Waals surface area (Å²) in [5.74, 6) is 2.33. The van der Waals surface area contributed by atoms with Gasteiger partial charge in [-0.2, -0.15) is 4.98 Å². The van der Waals surface area contributed by atoms with Gasteiger partial charge >= 0.3 is 0 Å². The Bertz CT molecular complexity index is 1100. The van der Waals surface area contributed by atoms with Crippen molar-refractivity contribution in [2.24, 2.45) is 5.92 Å². The lowest BCUT2D eigenvalue weighted by molar-refractivity contribution is -0.127. The van der Waals surface area contributed by atoms with Gasteiger partial charge in [-0.05, 0) is 55.1 Å². The minimum atomic E-state index is -0.0445. The summed E-state index contributed by atoms with van der Waals surface area (Å²) in [5, 5.41) is 7.22. The van der Waals surface area contributed by atoms with Crippen LogP contribution in [-0.2, 0) is 24.3 Å². The average Bonchev–Trinajstić information content (AvgIpc) is 3.35. The third kappa shape index (κ3) is 5.75. The Morgan fingerprint density at radius 2 is 1.88 bits per heavy atom. The highest BCUT2D eigenvalue weighted by Crippen LogP contribution is 2.31. The van der Waals surface area contributed by atoms with Crippen molar-refractivity contribution in [2.45, 2.75) is 39.3 Å². The van der Waals surface area contributed by atoms with Crippen LogP contribution in [0.25, 0.3) is 11.4 Å². The zero-order valence-electron chi connectivity index (χ0n) is 20.0. The van der Waals surface area contributed by atoms with Gasteiger partial charge in [-0.3, -0.25) is 9.69 Å². The molecule has 1 fully saturated rings. The van der Waals surface area contributed by atoms with Crippen molar-refractivity contribution < 1.29 is 18.8 Å². The van der Waals surface area contributed by atoms with Gasteiger partial charge < -0.3 is 19.3 Å². The van der Waals surface area contributed by atoms with Crippen molar-refractivity contribution >= 4 is 5.91 Å². The molecule has 34 heavy (non-hydrogen) atoms. The molecule has 0 bridgehead atoms. The number of likely N-dealkylation sites (tertiary alicyclic amines) is 1. The van der Waals surface area contributed by atoms with E-state index in [0.717, 1.165) is 36.9 Å². The summed E-state index contributed by atoms with van der Waals surface area (Å²) in [5.41, 5.74) is 3.20. The topological polar surface area (TPSA) is 89.7 Å². The zero-order valence-corrected chi connectivity index (χ0v) is 20.0. The molecule has 180 valence electrons. The van der Waals surface area contributed by atoms with E-state index in [2.05, 4.69) is 51.5 Å². The number of aromatic nitrogens is 2. The summed E-state index contributed by atoms with van der Waals surface area (Å²) >= 11 is 0. The number of hydrogen-bond acceptors (Lipinski definition) is 7. The van der Waals surface area contributed by atoms with Crippen LogP contribution in [0.4, 0.5) is 0 Å². The van der Waals surface area contributed by atoms with Gasteiger partial charge in [-0.25, -0.2) is 0 Å². The second-order valence-electron chi connectivity index (χ2n) is 8.54. The lowest BCUT2D eigenvalue weighted by Crippen LogP contribution is -2.42. The fraction of sp³-hybridized carbons (Fsp3) is 0.423. The Morgan fingerprint density at radius 3 is 2.62 bits per heavy atom. The van der Waals surface area contributed by atoms with Gasteiger partial charge in [0.15, 0.2) is 11.5 Å². The van der Waals surface area contributed by atoms with Gasteiger partial charge in [0.05, 0.1) is 26.7 Å². The molecule has 4 rings (SSSR count). The van der Waals surface area contributed by atoms with E-state index in [-0.39, 0.29) is 11.8 Å². The van der Waals surface area contributed by atoms with E-state index in [1.54, 1.807) is 14.2 Å². The molecule has 1 saturated heterocycles. The lowest BCUT2D eigenvalue weighted by Gasteiger charge is -2.30. The first-order valence-corrected chi connectivity index (χ1v) is 11.7. The van der Waals surface area contributed by atoms with Crippen molar-refractivity contribution in [3.05, 3.63) is 59.5 Å². The number of piperidine rings is 1. The van der Waals surface area contributed by atoms with Crippen LogP contribution in [0.1, 0.15) is 36.8 Å². The SMILES string of the molecule is CCc1ccc(CNC(=O)[C@@H]2CCCN(Cc3nc(-c4ccc(OC)c(OC)c4)no3)C2)cc1. The van der Waals surface area contributed by atoms with Crippen molar-refractivity contribution in [2.75, 3.05) is 27.3 Å². The maximum atomic E-state index is 12.8. The molecule has 1 aliphatic rings. The van der Waals surface area contributed by atoms with E-state index in [1.807, 2.05) is 18.2 Å². The first kappa shape index (κ1) is 23.8. The number of hydrogen-bond donors (Lipinski definition) is 1. The van der Waals surface area contributed by atoms with E-state index in [9.17, 15) is 4.79 Å². The minimum absolute atomic E-state index is 0.0445. The highest BCUT2D eigenvalue weighted by Gasteiger charge is 2.27. The summed E-state index contributed by atoms with van der Waals surface area (Å²) in [6.45, 7) is 4.78. The largest absolute Gasteiger partial charge is 0.493 e. The predicted molar refractivity (Wildman–Crippen MR) is 129 cm³/mol. The number of nitrogens with zero attached hydrogens (tertiary/aromatic N) is 3. The molecule has 3 aromatic rings. The van der Waals surface area contributed by atoms with Gasteiger partial charge in [0.25, 0.3) is 0 Å². The monoisotopic (exact) mass is 464 g/mol. The number of ether oxygens (including phenoxy) is 2. The summed E-state index contributed by atoms with van der Waals surface area (Å²) in [7, 11) is 3.19. The fourth-order valence-corrected chi connectivity index (χ4v) is 4.24. The Labute approximate surface area is 200 Å². The highest BCUT2D eigenvalue weighted by molar-refractivity contribution is 5.79.